The maximum atomic E-state index is 10.2. The molecular formula is C16H23NO. The van der Waals surface area contributed by atoms with Crippen LogP contribution >= 0.6 is 0 Å². The monoisotopic (exact) mass is 245 g/mol. The highest BCUT2D eigenvalue weighted by Crippen LogP contribution is 2.50. The molecule has 2 aliphatic rings. The maximum Gasteiger partial charge on any atom is 0.0638 e. The number of nitrogens with zero attached hydrogens (tertiary/aromatic N) is 1. The fourth-order valence-electron chi connectivity index (χ4n) is 4.04. The molecule has 0 radical (unpaired) electrons. The zero-order chi connectivity index (χ0) is 12.8. The number of hydrogen-bond donors (Lipinski definition) is 1. The smallest absolute Gasteiger partial charge is 0.0638 e. The molecule has 1 aliphatic heterocycles. The van der Waals surface area contributed by atoms with Crippen molar-refractivity contribution in [1.82, 2.24) is 4.90 Å². The standard InChI is InChI=1S/C16H23NO/c1-3-14-13-9-16(2,18)10-15(13)17(14)11-12-7-5-4-6-8-12/h4-8,13-15,18H,3,9-11H2,1-2H3. The third-order valence-corrected chi connectivity index (χ3v) is 4.79. The molecule has 1 aliphatic carbocycles. The Hall–Kier alpha value is -0.860. The van der Waals surface area contributed by atoms with E-state index in [0.29, 0.717) is 18.0 Å². The van der Waals surface area contributed by atoms with Gasteiger partial charge in [0, 0.05) is 18.6 Å². The molecule has 4 unspecified atom stereocenters. The van der Waals surface area contributed by atoms with Crippen LogP contribution < -0.4 is 0 Å². The topological polar surface area (TPSA) is 23.5 Å². The molecule has 2 nitrogen and oxygen atoms in total. The Morgan fingerprint density at radius 3 is 2.67 bits per heavy atom. The average Bonchev–Trinajstić information content (AvgIpc) is 2.62. The predicted molar refractivity (Wildman–Crippen MR) is 73.2 cm³/mol. The molecule has 4 atom stereocenters. The molecule has 1 aromatic carbocycles. The van der Waals surface area contributed by atoms with Crippen molar-refractivity contribution in [3.05, 3.63) is 35.9 Å². The number of fused-ring (bicyclic) bond motifs is 1. The van der Waals surface area contributed by atoms with Crippen molar-refractivity contribution < 1.29 is 5.11 Å². The second kappa shape index (κ2) is 4.36. The minimum absolute atomic E-state index is 0.436. The van der Waals surface area contributed by atoms with E-state index in [4.69, 9.17) is 0 Å². The Bertz CT molecular complexity index is 414. The van der Waals surface area contributed by atoms with Gasteiger partial charge in [-0.05, 0) is 37.7 Å². The first-order chi connectivity index (χ1) is 8.61. The number of hydrogen-bond acceptors (Lipinski definition) is 2. The van der Waals surface area contributed by atoms with Crippen LogP contribution in [0.1, 0.15) is 38.7 Å². The highest BCUT2D eigenvalue weighted by atomic mass is 16.3. The summed E-state index contributed by atoms with van der Waals surface area (Å²) in [4.78, 5) is 2.60. The first-order valence-electron chi connectivity index (χ1n) is 7.13. The van der Waals surface area contributed by atoms with E-state index in [-0.39, 0.29) is 0 Å². The van der Waals surface area contributed by atoms with Gasteiger partial charge in [-0.2, -0.15) is 0 Å². The van der Waals surface area contributed by atoms with Crippen molar-refractivity contribution >= 4 is 0 Å². The van der Waals surface area contributed by atoms with E-state index in [1.54, 1.807) is 0 Å². The Balaban J connectivity index is 1.73. The van der Waals surface area contributed by atoms with E-state index < -0.39 is 5.60 Å². The lowest BCUT2D eigenvalue weighted by molar-refractivity contribution is -0.0464. The van der Waals surface area contributed by atoms with Crippen molar-refractivity contribution in [2.24, 2.45) is 5.92 Å². The summed E-state index contributed by atoms with van der Waals surface area (Å²) in [5, 5.41) is 10.2. The van der Waals surface area contributed by atoms with Gasteiger partial charge in [0.2, 0.25) is 0 Å². The molecule has 0 aromatic heterocycles. The fraction of sp³-hybridized carbons (Fsp3) is 0.625. The zero-order valence-electron chi connectivity index (χ0n) is 11.3. The van der Waals surface area contributed by atoms with Crippen LogP contribution in [-0.4, -0.2) is 27.7 Å². The lowest BCUT2D eigenvalue weighted by Crippen LogP contribution is -2.60. The van der Waals surface area contributed by atoms with Gasteiger partial charge in [0.05, 0.1) is 5.60 Å². The summed E-state index contributed by atoms with van der Waals surface area (Å²) in [6.07, 6.45) is 3.13. The van der Waals surface area contributed by atoms with Crippen LogP contribution in [0.3, 0.4) is 0 Å². The molecule has 1 saturated heterocycles. The molecule has 2 heteroatoms. The molecule has 1 saturated carbocycles. The van der Waals surface area contributed by atoms with Crippen LogP contribution in [-0.2, 0) is 6.54 Å². The van der Waals surface area contributed by atoms with E-state index in [1.165, 1.54) is 12.0 Å². The molecule has 0 spiro atoms. The van der Waals surface area contributed by atoms with Gasteiger partial charge in [0.15, 0.2) is 0 Å². The summed E-state index contributed by atoms with van der Waals surface area (Å²) < 4.78 is 0. The predicted octanol–water partition coefficient (Wildman–Crippen LogP) is 2.81. The van der Waals surface area contributed by atoms with Crippen molar-refractivity contribution in [2.45, 2.75) is 57.3 Å². The summed E-state index contributed by atoms with van der Waals surface area (Å²) in [7, 11) is 0. The van der Waals surface area contributed by atoms with Gasteiger partial charge < -0.3 is 5.11 Å². The highest BCUT2D eigenvalue weighted by Gasteiger charge is 2.55. The lowest BCUT2D eigenvalue weighted by atomic mass is 9.80. The first-order valence-corrected chi connectivity index (χ1v) is 7.13. The molecule has 0 bridgehead atoms. The highest BCUT2D eigenvalue weighted by molar-refractivity contribution is 5.18. The normalized spacial score (nSPS) is 39.4. The minimum Gasteiger partial charge on any atom is -0.390 e. The largest absolute Gasteiger partial charge is 0.390 e. The number of rotatable bonds is 3. The van der Waals surface area contributed by atoms with Gasteiger partial charge in [-0.15, -0.1) is 0 Å². The second-order valence-corrected chi connectivity index (χ2v) is 6.27. The number of likely N-dealkylation sites (tertiary alicyclic amines) is 1. The molecule has 2 fully saturated rings. The van der Waals surface area contributed by atoms with Gasteiger partial charge in [-0.3, -0.25) is 4.90 Å². The molecule has 1 N–H and O–H groups in total. The molecule has 3 rings (SSSR count). The summed E-state index contributed by atoms with van der Waals surface area (Å²) in [6, 6.07) is 12.0. The summed E-state index contributed by atoms with van der Waals surface area (Å²) in [5.41, 5.74) is 0.953. The minimum atomic E-state index is -0.436. The maximum absolute atomic E-state index is 10.2. The van der Waals surface area contributed by atoms with Gasteiger partial charge in [-0.1, -0.05) is 37.3 Å². The van der Waals surface area contributed by atoms with Crippen molar-refractivity contribution in [3.8, 4) is 0 Å². The molecule has 98 valence electrons. The van der Waals surface area contributed by atoms with Gasteiger partial charge in [0.1, 0.15) is 0 Å². The zero-order valence-corrected chi connectivity index (χ0v) is 11.3. The van der Waals surface area contributed by atoms with Crippen molar-refractivity contribution in [2.75, 3.05) is 0 Å². The van der Waals surface area contributed by atoms with E-state index in [1.807, 2.05) is 6.92 Å². The van der Waals surface area contributed by atoms with Crippen LogP contribution in [0, 0.1) is 5.92 Å². The van der Waals surface area contributed by atoms with Crippen LogP contribution in [0.25, 0.3) is 0 Å². The third kappa shape index (κ3) is 1.98. The number of aliphatic hydroxyl groups is 1. The molecule has 18 heavy (non-hydrogen) atoms. The van der Waals surface area contributed by atoms with Crippen molar-refractivity contribution in [1.29, 1.82) is 0 Å². The van der Waals surface area contributed by atoms with Crippen LogP contribution in [0.2, 0.25) is 0 Å². The van der Waals surface area contributed by atoms with Crippen LogP contribution in [0.15, 0.2) is 30.3 Å². The van der Waals surface area contributed by atoms with Crippen molar-refractivity contribution in [3.63, 3.8) is 0 Å². The molecule has 0 amide bonds. The Kier molecular flexibility index (Phi) is 2.95. The van der Waals surface area contributed by atoms with Crippen LogP contribution in [0.4, 0.5) is 0 Å². The molecule has 1 heterocycles. The first kappa shape index (κ1) is 12.2. The SMILES string of the molecule is CCC1C2CC(C)(O)CC2N1Cc1ccccc1. The van der Waals surface area contributed by atoms with Gasteiger partial charge in [-0.25, -0.2) is 0 Å². The van der Waals surface area contributed by atoms with E-state index in [2.05, 4.69) is 42.2 Å². The third-order valence-electron chi connectivity index (χ3n) is 4.79. The molecule has 1 aromatic rings. The second-order valence-electron chi connectivity index (χ2n) is 6.27. The summed E-state index contributed by atoms with van der Waals surface area (Å²) in [6.45, 7) is 5.31. The molecular weight excluding hydrogens is 222 g/mol. The number of benzene rings is 1. The van der Waals surface area contributed by atoms with Gasteiger partial charge >= 0.3 is 0 Å². The lowest BCUT2D eigenvalue weighted by Gasteiger charge is -2.52. The van der Waals surface area contributed by atoms with E-state index >= 15 is 0 Å². The Labute approximate surface area is 110 Å². The quantitative estimate of drug-likeness (QED) is 0.885. The van der Waals surface area contributed by atoms with E-state index in [0.717, 1.165) is 19.4 Å². The Morgan fingerprint density at radius 2 is 2.00 bits per heavy atom. The van der Waals surface area contributed by atoms with Crippen LogP contribution in [0.5, 0.6) is 0 Å². The van der Waals surface area contributed by atoms with Gasteiger partial charge in [0.25, 0.3) is 0 Å². The fourth-order valence-corrected chi connectivity index (χ4v) is 4.04. The Morgan fingerprint density at radius 1 is 1.28 bits per heavy atom. The average molecular weight is 245 g/mol. The summed E-state index contributed by atoms with van der Waals surface area (Å²) >= 11 is 0. The van der Waals surface area contributed by atoms with E-state index in [9.17, 15) is 5.11 Å². The summed E-state index contributed by atoms with van der Waals surface area (Å²) in [5.74, 6) is 0.716.